The Labute approximate surface area is 399 Å². The first-order chi connectivity index (χ1) is 32.0. The van der Waals surface area contributed by atoms with E-state index >= 15 is 0 Å². The monoisotopic (exact) mass is 899 g/mol. The van der Waals surface area contributed by atoms with Crippen LogP contribution in [0.5, 0.6) is 0 Å². The van der Waals surface area contributed by atoms with Crippen molar-refractivity contribution in [2.45, 2.75) is 219 Å². The third kappa shape index (κ3) is 50.7. The second-order valence-corrected chi connectivity index (χ2v) is 16.7. The lowest BCUT2D eigenvalue weighted by molar-refractivity contribution is -0.166. The molecule has 0 amide bonds. The molecule has 0 heterocycles. The van der Waals surface area contributed by atoms with Crippen LogP contribution in [0, 0.1) is 0 Å². The van der Waals surface area contributed by atoms with Crippen molar-refractivity contribution < 1.29 is 28.6 Å². The highest BCUT2D eigenvalue weighted by Gasteiger charge is 2.19. The largest absolute Gasteiger partial charge is 0.462 e. The zero-order chi connectivity index (χ0) is 47.2. The number of unbranched alkanes of at least 4 members (excludes halogenated alkanes) is 14. The minimum Gasteiger partial charge on any atom is -0.462 e. The van der Waals surface area contributed by atoms with Crippen molar-refractivity contribution in [3.05, 3.63) is 122 Å². The fourth-order valence-corrected chi connectivity index (χ4v) is 6.58. The number of hydrogen-bond donors (Lipinski definition) is 0. The van der Waals surface area contributed by atoms with E-state index in [1.165, 1.54) is 77.0 Å². The molecule has 0 unspecified atom stereocenters. The van der Waals surface area contributed by atoms with E-state index in [1.807, 2.05) is 12.2 Å². The van der Waals surface area contributed by atoms with Gasteiger partial charge in [0.1, 0.15) is 13.2 Å². The minimum atomic E-state index is -0.838. The van der Waals surface area contributed by atoms with Crippen LogP contribution in [-0.2, 0) is 28.6 Å². The molecule has 0 aliphatic rings. The third-order valence-corrected chi connectivity index (χ3v) is 10.5. The van der Waals surface area contributed by atoms with Crippen molar-refractivity contribution in [2.75, 3.05) is 13.2 Å². The van der Waals surface area contributed by atoms with Crippen molar-refractivity contribution in [3.63, 3.8) is 0 Å². The zero-order valence-corrected chi connectivity index (χ0v) is 41.7. The normalized spacial score (nSPS) is 13.1. The minimum absolute atomic E-state index is 0.125. The first kappa shape index (κ1) is 60.8. The van der Waals surface area contributed by atoms with Gasteiger partial charge in [0.05, 0.1) is 0 Å². The number of carbonyl (C=O) groups excluding carboxylic acids is 3. The Kier molecular flexibility index (Phi) is 49.1. The molecule has 6 nitrogen and oxygen atoms in total. The first-order valence-corrected chi connectivity index (χ1v) is 26.0. The van der Waals surface area contributed by atoms with Gasteiger partial charge < -0.3 is 14.2 Å². The van der Waals surface area contributed by atoms with Crippen LogP contribution in [0.3, 0.4) is 0 Å². The molecule has 0 aromatic rings. The lowest BCUT2D eigenvalue weighted by Gasteiger charge is -2.18. The maximum atomic E-state index is 12.8. The van der Waals surface area contributed by atoms with Crippen LogP contribution in [0.1, 0.15) is 213 Å². The van der Waals surface area contributed by atoms with Gasteiger partial charge in [-0.1, -0.05) is 219 Å². The lowest BCUT2D eigenvalue weighted by atomic mass is 10.1. The van der Waals surface area contributed by atoms with E-state index in [0.717, 1.165) is 83.5 Å². The first-order valence-electron chi connectivity index (χ1n) is 26.0. The van der Waals surface area contributed by atoms with E-state index in [1.54, 1.807) is 0 Å². The fraction of sp³-hybridized carbons (Fsp3) is 0.610. The van der Waals surface area contributed by atoms with Gasteiger partial charge in [-0.15, -0.1) is 0 Å². The van der Waals surface area contributed by atoms with Gasteiger partial charge in [0, 0.05) is 19.3 Å². The number of esters is 3. The molecule has 6 heteroatoms. The third-order valence-electron chi connectivity index (χ3n) is 10.5. The van der Waals surface area contributed by atoms with Crippen LogP contribution >= 0.6 is 0 Å². The number of carbonyl (C=O) groups is 3. The summed E-state index contributed by atoms with van der Waals surface area (Å²) in [6.45, 7) is 6.36. The average Bonchev–Trinajstić information content (AvgIpc) is 3.30. The topological polar surface area (TPSA) is 78.9 Å². The quantitative estimate of drug-likeness (QED) is 0.0262. The summed E-state index contributed by atoms with van der Waals surface area (Å²) in [4.78, 5) is 37.9. The number of ether oxygens (including phenoxy) is 3. The molecule has 0 radical (unpaired) electrons. The maximum absolute atomic E-state index is 12.8. The smallest absolute Gasteiger partial charge is 0.306 e. The molecule has 1 atom stereocenters. The predicted molar refractivity (Wildman–Crippen MR) is 279 cm³/mol. The van der Waals surface area contributed by atoms with E-state index < -0.39 is 6.10 Å². The van der Waals surface area contributed by atoms with Crippen molar-refractivity contribution >= 4 is 17.9 Å². The molecule has 0 bridgehead atoms. The van der Waals surface area contributed by atoms with Gasteiger partial charge in [-0.3, -0.25) is 14.4 Å². The standard InChI is InChI=1S/C59H94O6/c1-4-7-10-13-16-19-22-24-26-28-29-31-32-34-37-40-43-46-49-52-58(61)64-55-56(54-63-57(60)51-48-45-42-39-36-21-18-15-12-9-6-3)65-59(62)53-50-47-44-41-38-35-33-30-27-25-23-20-17-14-11-8-5-2/h7,10,16-17,19-20,24-27,29,31,33-35,37,41,43-44,46,56H,4-6,8-9,11-15,18,21-23,28,30,32,36,38-40,42,45,47-55H2,1-3H3/b10-7-,19-16-,20-17-,26-24-,27-25-,31-29-,35-33-,37-34-,44-41-,46-43-/t56-/m0/s1. The molecule has 366 valence electrons. The Morgan fingerprint density at radius 2 is 0.646 bits per heavy atom. The number of allylic oxidation sites excluding steroid dienone is 20. The molecule has 0 N–H and O–H groups in total. The Morgan fingerprint density at radius 3 is 1.08 bits per heavy atom. The second kappa shape index (κ2) is 52.4. The Bertz CT molecular complexity index is 1400. The van der Waals surface area contributed by atoms with E-state index in [9.17, 15) is 14.4 Å². The zero-order valence-electron chi connectivity index (χ0n) is 41.7. The second-order valence-electron chi connectivity index (χ2n) is 16.7. The molecule has 0 spiro atoms. The average molecular weight is 899 g/mol. The van der Waals surface area contributed by atoms with Gasteiger partial charge >= 0.3 is 17.9 Å². The maximum Gasteiger partial charge on any atom is 0.306 e. The van der Waals surface area contributed by atoms with Gasteiger partial charge in [-0.2, -0.15) is 0 Å². The summed E-state index contributed by atoms with van der Waals surface area (Å²) in [7, 11) is 0. The van der Waals surface area contributed by atoms with E-state index in [4.69, 9.17) is 14.2 Å². The summed E-state index contributed by atoms with van der Waals surface area (Å²) in [6.07, 6.45) is 72.0. The summed E-state index contributed by atoms with van der Waals surface area (Å²) in [6, 6.07) is 0. The Morgan fingerprint density at radius 1 is 0.323 bits per heavy atom. The van der Waals surface area contributed by atoms with Crippen molar-refractivity contribution in [2.24, 2.45) is 0 Å². The van der Waals surface area contributed by atoms with Gasteiger partial charge in [0.15, 0.2) is 6.10 Å². The molecule has 0 rings (SSSR count). The van der Waals surface area contributed by atoms with Crippen molar-refractivity contribution in [1.82, 2.24) is 0 Å². The molecule has 0 aliphatic carbocycles. The molecule has 0 saturated carbocycles. The molecule has 0 aliphatic heterocycles. The number of rotatable bonds is 45. The van der Waals surface area contributed by atoms with E-state index in [0.29, 0.717) is 19.3 Å². The van der Waals surface area contributed by atoms with Crippen LogP contribution < -0.4 is 0 Å². The van der Waals surface area contributed by atoms with Crippen molar-refractivity contribution in [3.8, 4) is 0 Å². The van der Waals surface area contributed by atoms with Crippen molar-refractivity contribution in [1.29, 1.82) is 0 Å². The van der Waals surface area contributed by atoms with Gasteiger partial charge in [0.2, 0.25) is 0 Å². The molecule has 0 aromatic heterocycles. The van der Waals surface area contributed by atoms with Crippen LogP contribution in [-0.4, -0.2) is 37.2 Å². The molecular weight excluding hydrogens is 805 g/mol. The van der Waals surface area contributed by atoms with E-state index in [2.05, 4.69) is 130 Å². The highest BCUT2D eigenvalue weighted by molar-refractivity contribution is 5.71. The Hall–Kier alpha value is -4.19. The van der Waals surface area contributed by atoms with Gasteiger partial charge in [-0.05, 0) is 96.3 Å². The van der Waals surface area contributed by atoms with E-state index in [-0.39, 0.29) is 44.0 Å². The van der Waals surface area contributed by atoms with Crippen LogP contribution in [0.4, 0.5) is 0 Å². The predicted octanol–water partition coefficient (Wildman–Crippen LogP) is 17.3. The molecular formula is C59H94O6. The Balaban J connectivity index is 4.59. The highest BCUT2D eigenvalue weighted by Crippen LogP contribution is 2.13. The summed E-state index contributed by atoms with van der Waals surface area (Å²) in [5.74, 6) is -1.08. The molecule has 0 fully saturated rings. The molecule has 0 saturated heterocycles. The SMILES string of the molecule is CC/C=C\C/C=C\C/C=C\C/C=C\C/C=C\C/C=C\CCC(=O)OC[C@H](COC(=O)CCCCCCCCCCCCC)OC(=O)CCC/C=C\C/C=C\C/C=C\C/C=C\CCCCC. The van der Waals surface area contributed by atoms with Gasteiger partial charge in [-0.25, -0.2) is 0 Å². The summed E-state index contributed by atoms with van der Waals surface area (Å²) in [5.41, 5.74) is 0. The summed E-state index contributed by atoms with van der Waals surface area (Å²) < 4.78 is 16.7. The summed E-state index contributed by atoms with van der Waals surface area (Å²) in [5, 5.41) is 0. The molecule has 0 aromatic carbocycles. The highest BCUT2D eigenvalue weighted by atomic mass is 16.6. The summed E-state index contributed by atoms with van der Waals surface area (Å²) >= 11 is 0. The molecule has 65 heavy (non-hydrogen) atoms. The van der Waals surface area contributed by atoms with Gasteiger partial charge in [0.25, 0.3) is 0 Å². The lowest BCUT2D eigenvalue weighted by Crippen LogP contribution is -2.30. The van der Waals surface area contributed by atoms with Crippen LogP contribution in [0.15, 0.2) is 122 Å². The number of hydrogen-bond acceptors (Lipinski definition) is 6. The van der Waals surface area contributed by atoms with Crippen LogP contribution in [0.25, 0.3) is 0 Å². The fourth-order valence-electron chi connectivity index (χ4n) is 6.58. The van der Waals surface area contributed by atoms with Crippen LogP contribution in [0.2, 0.25) is 0 Å².